The van der Waals surface area contributed by atoms with Crippen LogP contribution in [0, 0.1) is 6.07 Å². The molecule has 2 aromatic carbocycles. The Kier molecular flexibility index (Phi) is 4.34. The summed E-state index contributed by atoms with van der Waals surface area (Å²) in [6.45, 7) is -0.00669. The van der Waals surface area contributed by atoms with E-state index < -0.39 is 26.7 Å². The first-order valence-corrected chi connectivity index (χ1v) is 7.39. The van der Waals surface area contributed by atoms with Crippen LogP contribution in [0.1, 0.15) is 11.1 Å². The van der Waals surface area contributed by atoms with E-state index in [1.54, 1.807) is 24.3 Å². The number of benzene rings is 2. The van der Waals surface area contributed by atoms with Gasteiger partial charge in [-0.05, 0) is 29.8 Å². The highest BCUT2D eigenvalue weighted by Crippen LogP contribution is 2.30. The van der Waals surface area contributed by atoms with Crippen molar-refractivity contribution < 1.29 is 21.6 Å². The Morgan fingerprint density at radius 3 is 2.38 bits per heavy atom. The summed E-state index contributed by atoms with van der Waals surface area (Å²) in [6.07, 6.45) is -4.58. The van der Waals surface area contributed by atoms with Gasteiger partial charge in [0.2, 0.25) is 10.0 Å². The molecule has 0 bridgehead atoms. The first kappa shape index (κ1) is 15.5. The Labute approximate surface area is 120 Å². The van der Waals surface area contributed by atoms with Crippen LogP contribution in [-0.2, 0) is 22.7 Å². The van der Waals surface area contributed by atoms with Crippen molar-refractivity contribution in [3.8, 4) is 0 Å². The third-order valence-electron chi connectivity index (χ3n) is 2.73. The van der Waals surface area contributed by atoms with Crippen molar-refractivity contribution in [1.29, 1.82) is 0 Å². The van der Waals surface area contributed by atoms with Crippen LogP contribution in [0.2, 0.25) is 0 Å². The smallest absolute Gasteiger partial charge is 0.207 e. The zero-order valence-electron chi connectivity index (χ0n) is 10.7. The third kappa shape index (κ3) is 4.05. The standard InChI is InChI=1S/C14H11F3NO2S/c15-14(16,17)12-7-4-8-13(9-12)21(19,20)18-10-11-5-2-1-3-6-11/h2-9,18H,10H2. The molecule has 0 heterocycles. The molecule has 0 aliphatic heterocycles. The number of hydrogen-bond acceptors (Lipinski definition) is 2. The normalized spacial score (nSPS) is 12.3. The molecule has 111 valence electrons. The molecule has 0 aliphatic carbocycles. The van der Waals surface area contributed by atoms with Crippen LogP contribution in [0.3, 0.4) is 0 Å². The summed E-state index contributed by atoms with van der Waals surface area (Å²) in [7, 11) is -4.00. The predicted octanol–water partition coefficient (Wildman–Crippen LogP) is 2.98. The maximum Gasteiger partial charge on any atom is 0.416 e. The Morgan fingerprint density at radius 2 is 1.76 bits per heavy atom. The summed E-state index contributed by atoms with van der Waals surface area (Å²) < 4.78 is 64.0. The monoisotopic (exact) mass is 314 g/mol. The molecule has 0 aliphatic rings. The molecule has 0 fully saturated rings. The summed E-state index contributed by atoms with van der Waals surface area (Å²) in [5, 5.41) is 0. The first-order chi connectivity index (χ1) is 9.79. The van der Waals surface area contributed by atoms with Gasteiger partial charge in [-0.3, -0.25) is 0 Å². The second kappa shape index (κ2) is 5.87. The van der Waals surface area contributed by atoms with E-state index in [4.69, 9.17) is 0 Å². The molecule has 0 aromatic heterocycles. The summed E-state index contributed by atoms with van der Waals surface area (Å²) in [5.74, 6) is 0. The molecule has 0 unspecified atom stereocenters. The zero-order chi connectivity index (χ0) is 15.5. The number of alkyl halides is 3. The second-order valence-corrected chi connectivity index (χ2v) is 6.03. The van der Waals surface area contributed by atoms with Crippen LogP contribution in [0.4, 0.5) is 13.2 Å². The summed E-state index contributed by atoms with van der Waals surface area (Å²) >= 11 is 0. The average molecular weight is 314 g/mol. The van der Waals surface area contributed by atoms with Gasteiger partial charge in [-0.1, -0.05) is 30.3 Å². The van der Waals surface area contributed by atoms with Crippen molar-refractivity contribution in [2.45, 2.75) is 17.6 Å². The van der Waals surface area contributed by atoms with Gasteiger partial charge in [0.25, 0.3) is 0 Å². The number of rotatable bonds is 4. The minimum absolute atomic E-state index is 0.00669. The Bertz CT molecular complexity index is 712. The minimum atomic E-state index is -4.58. The van der Waals surface area contributed by atoms with Crippen LogP contribution in [0.25, 0.3) is 0 Å². The number of halogens is 3. The molecule has 7 heteroatoms. The maximum atomic E-state index is 12.6. The minimum Gasteiger partial charge on any atom is -0.207 e. The molecular formula is C14H11F3NO2S. The molecule has 21 heavy (non-hydrogen) atoms. The Hall–Kier alpha value is -1.86. The summed E-state index contributed by atoms with van der Waals surface area (Å²) in [4.78, 5) is -0.417. The molecular weight excluding hydrogens is 303 g/mol. The predicted molar refractivity (Wildman–Crippen MR) is 70.7 cm³/mol. The van der Waals surface area contributed by atoms with Gasteiger partial charge < -0.3 is 0 Å². The van der Waals surface area contributed by atoms with E-state index in [2.05, 4.69) is 10.8 Å². The maximum absolute atomic E-state index is 12.6. The lowest BCUT2D eigenvalue weighted by Gasteiger charge is -2.10. The van der Waals surface area contributed by atoms with Gasteiger partial charge in [-0.2, -0.15) is 13.2 Å². The summed E-state index contributed by atoms with van der Waals surface area (Å²) in [6, 6.07) is 13.0. The van der Waals surface area contributed by atoms with Gasteiger partial charge in [0.1, 0.15) is 0 Å². The number of hydrogen-bond donors (Lipinski definition) is 1. The van der Waals surface area contributed by atoms with E-state index in [1.165, 1.54) is 0 Å². The SMILES string of the molecule is O=S(=O)(NCc1cc[c]cc1)c1cccc(C(F)(F)F)c1. The van der Waals surface area contributed by atoms with Gasteiger partial charge in [0.15, 0.2) is 0 Å². The number of nitrogens with one attached hydrogen (secondary N) is 1. The van der Waals surface area contributed by atoms with Crippen LogP contribution in [0.5, 0.6) is 0 Å². The molecule has 3 nitrogen and oxygen atoms in total. The van der Waals surface area contributed by atoms with Crippen molar-refractivity contribution in [2.75, 3.05) is 0 Å². The van der Waals surface area contributed by atoms with Gasteiger partial charge in [0, 0.05) is 6.54 Å². The molecule has 0 saturated carbocycles. The van der Waals surface area contributed by atoms with Gasteiger partial charge >= 0.3 is 6.18 Å². The van der Waals surface area contributed by atoms with Crippen molar-refractivity contribution >= 4 is 10.0 Å². The molecule has 1 radical (unpaired) electrons. The highest BCUT2D eigenvalue weighted by molar-refractivity contribution is 7.89. The summed E-state index contributed by atoms with van der Waals surface area (Å²) in [5.41, 5.74) is -0.316. The van der Waals surface area contributed by atoms with Crippen LogP contribution < -0.4 is 4.72 Å². The Morgan fingerprint density at radius 1 is 1.10 bits per heavy atom. The molecule has 2 rings (SSSR count). The zero-order valence-corrected chi connectivity index (χ0v) is 11.5. The molecule has 2 aromatic rings. The van der Waals surface area contributed by atoms with E-state index in [1.807, 2.05) is 0 Å². The van der Waals surface area contributed by atoms with E-state index >= 15 is 0 Å². The molecule has 0 spiro atoms. The molecule has 0 amide bonds. The lowest BCUT2D eigenvalue weighted by atomic mass is 10.2. The molecule has 0 saturated heterocycles. The number of sulfonamides is 1. The van der Waals surface area contributed by atoms with Crippen molar-refractivity contribution in [2.24, 2.45) is 0 Å². The van der Waals surface area contributed by atoms with Gasteiger partial charge in [-0.15, -0.1) is 0 Å². The fraction of sp³-hybridized carbons (Fsp3) is 0.143. The van der Waals surface area contributed by atoms with E-state index in [0.29, 0.717) is 11.6 Å². The Balaban J connectivity index is 2.20. The third-order valence-corrected chi connectivity index (χ3v) is 4.12. The van der Waals surface area contributed by atoms with E-state index in [0.717, 1.165) is 18.2 Å². The van der Waals surface area contributed by atoms with Crippen LogP contribution in [0.15, 0.2) is 53.4 Å². The largest absolute Gasteiger partial charge is 0.416 e. The fourth-order valence-electron chi connectivity index (χ4n) is 1.64. The lowest BCUT2D eigenvalue weighted by Crippen LogP contribution is -2.23. The lowest BCUT2D eigenvalue weighted by molar-refractivity contribution is -0.137. The van der Waals surface area contributed by atoms with Crippen molar-refractivity contribution in [3.63, 3.8) is 0 Å². The van der Waals surface area contributed by atoms with E-state index in [-0.39, 0.29) is 6.54 Å². The quantitative estimate of drug-likeness (QED) is 0.943. The van der Waals surface area contributed by atoms with Crippen molar-refractivity contribution in [1.82, 2.24) is 4.72 Å². The first-order valence-electron chi connectivity index (χ1n) is 5.91. The topological polar surface area (TPSA) is 46.2 Å². The fourth-order valence-corrected chi connectivity index (χ4v) is 2.70. The highest BCUT2D eigenvalue weighted by Gasteiger charge is 2.31. The van der Waals surface area contributed by atoms with Gasteiger partial charge in [0.05, 0.1) is 10.5 Å². The van der Waals surface area contributed by atoms with Crippen LogP contribution in [-0.4, -0.2) is 8.42 Å². The molecule has 0 atom stereocenters. The van der Waals surface area contributed by atoms with Crippen molar-refractivity contribution in [3.05, 3.63) is 65.7 Å². The molecule has 1 N–H and O–H groups in total. The second-order valence-electron chi connectivity index (χ2n) is 4.26. The average Bonchev–Trinajstić information content (AvgIpc) is 2.46. The van der Waals surface area contributed by atoms with Crippen LogP contribution >= 0.6 is 0 Å². The highest BCUT2D eigenvalue weighted by atomic mass is 32.2. The van der Waals surface area contributed by atoms with Gasteiger partial charge in [-0.25, -0.2) is 13.1 Å². The van der Waals surface area contributed by atoms with E-state index in [9.17, 15) is 21.6 Å².